The summed E-state index contributed by atoms with van der Waals surface area (Å²) in [5, 5.41) is 7.39. The molecule has 1 aliphatic rings. The maximum atomic E-state index is 12.8. The molecule has 0 aliphatic carbocycles. The van der Waals surface area contributed by atoms with Crippen LogP contribution in [0.4, 0.5) is 5.82 Å². The molecule has 8 nitrogen and oxygen atoms in total. The fourth-order valence-electron chi connectivity index (χ4n) is 3.57. The van der Waals surface area contributed by atoms with Gasteiger partial charge in [0.1, 0.15) is 5.82 Å². The number of anilines is 1. The number of nitrogens with one attached hydrogen (secondary N) is 1. The van der Waals surface area contributed by atoms with E-state index in [2.05, 4.69) is 15.3 Å². The number of ether oxygens (including phenoxy) is 1. The number of carbonyl (C=O) groups excluding carboxylic acids is 2. The van der Waals surface area contributed by atoms with Crippen LogP contribution in [0.25, 0.3) is 0 Å². The fraction of sp³-hybridized carbons (Fsp3) is 0.476. The van der Waals surface area contributed by atoms with Crippen LogP contribution in [0.1, 0.15) is 30.6 Å². The summed E-state index contributed by atoms with van der Waals surface area (Å²) in [7, 11) is 5.08. The van der Waals surface area contributed by atoms with Gasteiger partial charge in [0.2, 0.25) is 5.91 Å². The zero-order valence-corrected chi connectivity index (χ0v) is 17.2. The van der Waals surface area contributed by atoms with Crippen molar-refractivity contribution < 1.29 is 14.3 Å². The molecule has 0 spiro atoms. The summed E-state index contributed by atoms with van der Waals surface area (Å²) in [6, 6.07) is 11.4. The zero-order chi connectivity index (χ0) is 20.8. The van der Waals surface area contributed by atoms with Crippen molar-refractivity contribution in [2.45, 2.75) is 25.0 Å². The topological polar surface area (TPSA) is 79.7 Å². The molecule has 0 bridgehead atoms. The van der Waals surface area contributed by atoms with E-state index in [1.54, 1.807) is 31.3 Å². The summed E-state index contributed by atoms with van der Waals surface area (Å²) in [6.45, 7) is 2.08. The first kappa shape index (κ1) is 21.0. The van der Waals surface area contributed by atoms with Crippen LogP contribution >= 0.6 is 0 Å². The van der Waals surface area contributed by atoms with Gasteiger partial charge in [-0.15, -0.1) is 0 Å². The summed E-state index contributed by atoms with van der Waals surface area (Å²) >= 11 is 0. The number of nitrogens with zero attached hydrogens (tertiary/aromatic N) is 4. The van der Waals surface area contributed by atoms with E-state index in [1.807, 2.05) is 35.0 Å². The van der Waals surface area contributed by atoms with Gasteiger partial charge in [-0.2, -0.15) is 5.10 Å². The molecule has 1 aliphatic heterocycles. The minimum atomic E-state index is -0.682. The Balaban J connectivity index is 1.61. The third-order valence-electron chi connectivity index (χ3n) is 5.26. The van der Waals surface area contributed by atoms with Crippen LogP contribution in [0.5, 0.6) is 0 Å². The normalized spacial score (nSPS) is 16.4. The van der Waals surface area contributed by atoms with E-state index in [0.717, 1.165) is 31.5 Å². The molecule has 0 saturated carbocycles. The molecule has 1 unspecified atom stereocenters. The fourth-order valence-corrected chi connectivity index (χ4v) is 3.57. The molecular weight excluding hydrogens is 370 g/mol. The Morgan fingerprint density at radius 3 is 2.52 bits per heavy atom. The number of aromatic nitrogens is 2. The maximum absolute atomic E-state index is 12.8. The molecule has 1 atom stereocenters. The molecule has 3 rings (SSSR count). The minimum absolute atomic E-state index is 0.113. The number of rotatable bonds is 7. The van der Waals surface area contributed by atoms with Gasteiger partial charge in [-0.1, -0.05) is 30.3 Å². The van der Waals surface area contributed by atoms with Gasteiger partial charge in [-0.25, -0.2) is 4.68 Å². The second kappa shape index (κ2) is 9.67. The van der Waals surface area contributed by atoms with Crippen molar-refractivity contribution in [1.29, 1.82) is 0 Å². The molecule has 1 saturated heterocycles. The van der Waals surface area contributed by atoms with Gasteiger partial charge >= 0.3 is 0 Å². The van der Waals surface area contributed by atoms with Gasteiger partial charge in [0.15, 0.2) is 6.10 Å². The molecule has 2 aromatic rings. The lowest BCUT2D eigenvalue weighted by atomic mass is 10.1. The quantitative estimate of drug-likeness (QED) is 0.770. The predicted molar refractivity (Wildman–Crippen MR) is 110 cm³/mol. The first-order valence-corrected chi connectivity index (χ1v) is 9.84. The van der Waals surface area contributed by atoms with Crippen LogP contribution in [0.2, 0.25) is 0 Å². The number of hydrogen-bond acceptors (Lipinski definition) is 5. The van der Waals surface area contributed by atoms with E-state index >= 15 is 0 Å². The number of likely N-dealkylation sites (tertiary alicyclic amines) is 1. The lowest BCUT2D eigenvalue weighted by Crippen LogP contribution is -2.41. The Hall–Kier alpha value is -2.71. The first-order chi connectivity index (χ1) is 14.0. The van der Waals surface area contributed by atoms with Crippen LogP contribution in [0.15, 0.2) is 42.6 Å². The maximum Gasteiger partial charge on any atom is 0.259 e. The molecular formula is C21H29N5O3. The van der Waals surface area contributed by atoms with Gasteiger partial charge in [-0.05, 0) is 18.4 Å². The van der Waals surface area contributed by atoms with Gasteiger partial charge in [-0.3, -0.25) is 14.5 Å². The highest BCUT2D eigenvalue weighted by Gasteiger charge is 2.26. The smallest absolute Gasteiger partial charge is 0.259 e. The number of methoxy groups -OCH3 is 1. The SMILES string of the molecule is COC(C(=O)Nc1ccnn1C1CCN(CC(=O)N(C)C)CC1)c1ccccc1. The van der Waals surface area contributed by atoms with Crippen LogP contribution in [-0.2, 0) is 14.3 Å². The number of likely N-dealkylation sites (N-methyl/N-ethyl adjacent to an activating group) is 1. The molecule has 2 amide bonds. The van der Waals surface area contributed by atoms with E-state index in [4.69, 9.17) is 4.74 Å². The molecule has 1 N–H and O–H groups in total. The average molecular weight is 399 g/mol. The van der Waals surface area contributed by atoms with E-state index in [-0.39, 0.29) is 17.9 Å². The Morgan fingerprint density at radius 1 is 1.21 bits per heavy atom. The number of amides is 2. The monoisotopic (exact) mass is 399 g/mol. The highest BCUT2D eigenvalue weighted by atomic mass is 16.5. The van der Waals surface area contributed by atoms with E-state index in [1.165, 1.54) is 7.11 Å². The molecule has 2 heterocycles. The molecule has 0 radical (unpaired) electrons. The van der Waals surface area contributed by atoms with Crippen molar-refractivity contribution in [3.63, 3.8) is 0 Å². The lowest BCUT2D eigenvalue weighted by Gasteiger charge is -2.32. The zero-order valence-electron chi connectivity index (χ0n) is 17.2. The van der Waals surface area contributed by atoms with Gasteiger partial charge in [0.25, 0.3) is 5.91 Å². The lowest BCUT2D eigenvalue weighted by molar-refractivity contribution is -0.130. The van der Waals surface area contributed by atoms with Crippen molar-refractivity contribution in [3.05, 3.63) is 48.2 Å². The third-order valence-corrected chi connectivity index (χ3v) is 5.26. The largest absolute Gasteiger partial charge is 0.367 e. The third kappa shape index (κ3) is 5.21. The van der Waals surface area contributed by atoms with Crippen molar-refractivity contribution in [2.75, 3.05) is 46.2 Å². The van der Waals surface area contributed by atoms with Crippen LogP contribution in [0, 0.1) is 0 Å². The highest BCUT2D eigenvalue weighted by Crippen LogP contribution is 2.26. The van der Waals surface area contributed by atoms with Crippen molar-refractivity contribution >= 4 is 17.6 Å². The summed E-state index contributed by atoms with van der Waals surface area (Å²) < 4.78 is 7.29. The van der Waals surface area contributed by atoms with Crippen molar-refractivity contribution in [1.82, 2.24) is 19.6 Å². The van der Waals surface area contributed by atoms with Crippen molar-refractivity contribution in [3.8, 4) is 0 Å². The Morgan fingerprint density at radius 2 is 1.90 bits per heavy atom. The summed E-state index contributed by atoms with van der Waals surface area (Å²) in [4.78, 5) is 28.5. The van der Waals surface area contributed by atoms with Gasteiger partial charge in [0, 0.05) is 40.4 Å². The minimum Gasteiger partial charge on any atom is -0.367 e. The van der Waals surface area contributed by atoms with Crippen molar-refractivity contribution in [2.24, 2.45) is 0 Å². The molecule has 156 valence electrons. The van der Waals surface area contributed by atoms with Crippen LogP contribution in [-0.4, -0.2) is 72.2 Å². The molecule has 1 aromatic carbocycles. The summed E-state index contributed by atoms with van der Waals surface area (Å²) in [5.74, 6) is 0.548. The number of hydrogen-bond donors (Lipinski definition) is 1. The predicted octanol–water partition coefficient (Wildman–Crippen LogP) is 1.93. The van der Waals surface area contributed by atoms with E-state index in [9.17, 15) is 9.59 Å². The van der Waals surface area contributed by atoms with E-state index in [0.29, 0.717) is 12.4 Å². The van der Waals surface area contributed by atoms with Crippen LogP contribution in [0.3, 0.4) is 0 Å². The average Bonchev–Trinajstić information content (AvgIpc) is 3.18. The van der Waals surface area contributed by atoms with Gasteiger partial charge < -0.3 is 15.0 Å². The second-order valence-electron chi connectivity index (χ2n) is 7.47. The highest BCUT2D eigenvalue weighted by molar-refractivity contribution is 5.94. The standard InChI is InChI=1S/C21H29N5O3/c1-24(2)19(27)15-25-13-10-17(11-14-25)26-18(9-12-22-26)23-21(28)20(29-3)16-7-5-4-6-8-16/h4-9,12,17,20H,10-11,13-15H2,1-3H3,(H,23,28). The summed E-state index contributed by atoms with van der Waals surface area (Å²) in [5.41, 5.74) is 0.803. The Bertz CT molecular complexity index is 813. The van der Waals surface area contributed by atoms with Crippen LogP contribution < -0.4 is 5.32 Å². The Labute approximate surface area is 171 Å². The molecule has 1 fully saturated rings. The molecule has 8 heteroatoms. The number of carbonyl (C=O) groups is 2. The first-order valence-electron chi connectivity index (χ1n) is 9.84. The second-order valence-corrected chi connectivity index (χ2v) is 7.47. The van der Waals surface area contributed by atoms with Gasteiger partial charge in [0.05, 0.1) is 18.8 Å². The van der Waals surface area contributed by atoms with E-state index < -0.39 is 6.10 Å². The number of piperidine rings is 1. The summed E-state index contributed by atoms with van der Waals surface area (Å²) in [6.07, 6.45) is 2.76. The number of benzene rings is 1. The molecule has 1 aromatic heterocycles. The molecule has 29 heavy (non-hydrogen) atoms. The Kier molecular flexibility index (Phi) is 7.00.